The Hall–Kier alpha value is -1.60. The molecule has 8 heteroatoms. The van der Waals surface area contributed by atoms with Gasteiger partial charge >= 0.3 is 6.18 Å². The molecule has 21 heavy (non-hydrogen) atoms. The Morgan fingerprint density at radius 1 is 1.10 bits per heavy atom. The fraction of sp³-hybridized carbons (Fsp3) is 0.769. The smallest absolute Gasteiger partial charge is 0.333 e. The van der Waals surface area contributed by atoms with Crippen LogP contribution in [0.1, 0.15) is 30.9 Å². The predicted molar refractivity (Wildman–Crippen MR) is 64.8 cm³/mol. The van der Waals surface area contributed by atoms with Gasteiger partial charge < -0.3 is 9.47 Å². The normalized spacial score (nSPS) is 31.0. The third kappa shape index (κ3) is 2.11. The Kier molecular flexibility index (Phi) is 2.62. The van der Waals surface area contributed by atoms with Crippen LogP contribution in [-0.2, 0) is 24.1 Å². The lowest BCUT2D eigenvalue weighted by Crippen LogP contribution is -2.42. The summed E-state index contributed by atoms with van der Waals surface area (Å²) in [5.41, 5.74) is 0. The molecule has 0 aromatic carbocycles. The second-order valence-corrected chi connectivity index (χ2v) is 6.27. The number of fused-ring (bicyclic) bond motifs is 2. The zero-order valence-corrected chi connectivity index (χ0v) is 11.3. The monoisotopic (exact) mass is 300 g/mol. The molecular formula is C13H15F3N4O. The van der Waals surface area contributed by atoms with Crippen LogP contribution in [0.25, 0.3) is 0 Å². The Morgan fingerprint density at radius 3 is 2.48 bits per heavy atom. The number of hydrogen-bond acceptors (Lipinski definition) is 3. The van der Waals surface area contributed by atoms with Crippen LogP contribution in [0.15, 0.2) is 0 Å². The van der Waals surface area contributed by atoms with Gasteiger partial charge in [-0.25, -0.2) is 0 Å². The third-order valence-electron chi connectivity index (χ3n) is 4.91. The molecule has 2 saturated carbocycles. The van der Waals surface area contributed by atoms with Crippen LogP contribution < -0.4 is 0 Å². The Balaban J connectivity index is 1.49. The molecule has 1 aromatic rings. The van der Waals surface area contributed by atoms with Gasteiger partial charge in [-0.05, 0) is 31.1 Å². The molecule has 2 fully saturated rings. The Labute approximate surface area is 119 Å². The molecule has 0 saturated heterocycles. The first kappa shape index (κ1) is 13.1. The van der Waals surface area contributed by atoms with Crippen LogP contribution in [0, 0.1) is 17.8 Å². The van der Waals surface area contributed by atoms with Crippen molar-refractivity contribution in [2.24, 2.45) is 17.8 Å². The molecule has 1 aliphatic heterocycles. The average Bonchev–Trinajstić information content (AvgIpc) is 2.88. The molecule has 0 spiro atoms. The van der Waals surface area contributed by atoms with Gasteiger partial charge in [-0.3, -0.25) is 4.79 Å². The maximum atomic E-state index is 12.8. The van der Waals surface area contributed by atoms with E-state index >= 15 is 0 Å². The van der Waals surface area contributed by atoms with E-state index < -0.39 is 12.0 Å². The summed E-state index contributed by atoms with van der Waals surface area (Å²) in [5.74, 6) is 0.820. The topological polar surface area (TPSA) is 51.0 Å². The van der Waals surface area contributed by atoms with Crippen LogP contribution in [0.2, 0.25) is 0 Å². The minimum Gasteiger partial charge on any atom is -0.333 e. The van der Waals surface area contributed by atoms with Gasteiger partial charge in [0.1, 0.15) is 0 Å². The van der Waals surface area contributed by atoms with Crippen molar-refractivity contribution in [1.29, 1.82) is 0 Å². The molecule has 2 heterocycles. The van der Waals surface area contributed by atoms with E-state index in [0.717, 1.165) is 17.4 Å². The van der Waals surface area contributed by atoms with Crippen molar-refractivity contribution in [3.05, 3.63) is 11.6 Å². The van der Waals surface area contributed by atoms with Crippen molar-refractivity contribution >= 4 is 5.91 Å². The highest BCUT2D eigenvalue weighted by Gasteiger charge is 2.49. The Bertz CT molecular complexity index is 587. The fourth-order valence-electron chi connectivity index (χ4n) is 3.73. The highest BCUT2D eigenvalue weighted by molar-refractivity contribution is 5.79. The van der Waals surface area contributed by atoms with Crippen LogP contribution in [-0.4, -0.2) is 32.1 Å². The third-order valence-corrected chi connectivity index (χ3v) is 4.91. The van der Waals surface area contributed by atoms with Gasteiger partial charge in [-0.2, -0.15) is 13.2 Å². The second-order valence-electron chi connectivity index (χ2n) is 6.27. The van der Waals surface area contributed by atoms with E-state index in [-0.39, 0.29) is 30.7 Å². The SMILES string of the molecule is O=C(C1CC2CC2C1)N1CCn2c(nnc2C(F)(F)F)C1. The number of halogens is 3. The number of nitrogens with zero attached hydrogens (tertiary/aromatic N) is 4. The van der Waals surface area contributed by atoms with Crippen LogP contribution >= 0.6 is 0 Å². The van der Waals surface area contributed by atoms with E-state index in [2.05, 4.69) is 10.2 Å². The van der Waals surface area contributed by atoms with Crippen molar-refractivity contribution < 1.29 is 18.0 Å². The Morgan fingerprint density at radius 2 is 1.81 bits per heavy atom. The summed E-state index contributed by atoms with van der Waals surface area (Å²) in [4.78, 5) is 14.1. The van der Waals surface area contributed by atoms with Crippen molar-refractivity contribution in [3.63, 3.8) is 0 Å². The largest absolute Gasteiger partial charge is 0.451 e. The first-order valence-corrected chi connectivity index (χ1v) is 7.21. The molecule has 0 N–H and O–H groups in total. The molecule has 114 valence electrons. The van der Waals surface area contributed by atoms with Crippen molar-refractivity contribution in [2.75, 3.05) is 6.54 Å². The first-order chi connectivity index (χ1) is 9.93. The van der Waals surface area contributed by atoms with E-state index in [0.29, 0.717) is 18.4 Å². The van der Waals surface area contributed by atoms with Gasteiger partial charge in [0.25, 0.3) is 0 Å². The molecule has 0 radical (unpaired) electrons. The fourth-order valence-corrected chi connectivity index (χ4v) is 3.73. The van der Waals surface area contributed by atoms with Crippen molar-refractivity contribution in [2.45, 2.75) is 38.5 Å². The molecular weight excluding hydrogens is 285 g/mol. The van der Waals surface area contributed by atoms with Gasteiger partial charge in [0, 0.05) is 19.0 Å². The number of carbonyl (C=O) groups is 1. The molecule has 1 aromatic heterocycles. The van der Waals surface area contributed by atoms with E-state index in [1.165, 1.54) is 6.42 Å². The summed E-state index contributed by atoms with van der Waals surface area (Å²) in [6, 6.07) is 0. The quantitative estimate of drug-likeness (QED) is 0.793. The summed E-state index contributed by atoms with van der Waals surface area (Å²) < 4.78 is 39.3. The van der Waals surface area contributed by atoms with Crippen molar-refractivity contribution in [1.82, 2.24) is 19.7 Å². The van der Waals surface area contributed by atoms with E-state index in [4.69, 9.17) is 0 Å². The van der Waals surface area contributed by atoms with E-state index in [1.54, 1.807) is 4.90 Å². The number of alkyl halides is 3. The van der Waals surface area contributed by atoms with Crippen LogP contribution in [0.3, 0.4) is 0 Å². The lowest BCUT2D eigenvalue weighted by molar-refractivity contribution is -0.148. The maximum Gasteiger partial charge on any atom is 0.451 e. The molecule has 2 atom stereocenters. The molecule has 2 unspecified atom stereocenters. The number of rotatable bonds is 1. The summed E-state index contributed by atoms with van der Waals surface area (Å²) in [6.07, 6.45) is -1.36. The lowest BCUT2D eigenvalue weighted by Gasteiger charge is -2.30. The summed E-state index contributed by atoms with van der Waals surface area (Å²) in [7, 11) is 0. The summed E-state index contributed by atoms with van der Waals surface area (Å²) in [5, 5.41) is 6.83. The minimum absolute atomic E-state index is 0.0605. The highest BCUT2D eigenvalue weighted by atomic mass is 19.4. The van der Waals surface area contributed by atoms with Gasteiger partial charge in [-0.15, -0.1) is 10.2 Å². The van der Waals surface area contributed by atoms with Gasteiger partial charge in [-0.1, -0.05) is 0 Å². The number of hydrogen-bond donors (Lipinski definition) is 0. The lowest BCUT2D eigenvalue weighted by atomic mass is 10.0. The molecule has 5 nitrogen and oxygen atoms in total. The number of amides is 1. The molecule has 4 rings (SSSR count). The van der Waals surface area contributed by atoms with E-state index in [1.807, 2.05) is 0 Å². The summed E-state index contributed by atoms with van der Waals surface area (Å²) >= 11 is 0. The maximum absolute atomic E-state index is 12.8. The van der Waals surface area contributed by atoms with Crippen molar-refractivity contribution in [3.8, 4) is 0 Å². The second kappa shape index (κ2) is 4.20. The molecule has 3 aliphatic rings. The molecule has 1 amide bonds. The minimum atomic E-state index is -4.50. The summed E-state index contributed by atoms with van der Waals surface area (Å²) in [6.45, 7) is 0.551. The van der Waals surface area contributed by atoms with E-state index in [9.17, 15) is 18.0 Å². The average molecular weight is 300 g/mol. The zero-order valence-electron chi connectivity index (χ0n) is 11.3. The van der Waals surface area contributed by atoms with Crippen LogP contribution in [0.5, 0.6) is 0 Å². The zero-order chi connectivity index (χ0) is 14.8. The predicted octanol–water partition coefficient (Wildman–Crippen LogP) is 1.69. The number of carbonyl (C=O) groups excluding carboxylic acids is 1. The molecule has 0 bridgehead atoms. The van der Waals surface area contributed by atoms with Gasteiger partial charge in [0.15, 0.2) is 5.82 Å². The molecule has 2 aliphatic carbocycles. The highest BCUT2D eigenvalue weighted by Crippen LogP contribution is 2.54. The first-order valence-electron chi connectivity index (χ1n) is 7.21. The number of aromatic nitrogens is 3. The van der Waals surface area contributed by atoms with Gasteiger partial charge in [0.05, 0.1) is 6.54 Å². The standard InChI is InChI=1S/C13H15F3N4O/c14-13(15,16)12-18-17-10-6-19(1-2-20(10)12)11(21)9-4-7-3-8(7)5-9/h7-9H,1-6H2. The van der Waals surface area contributed by atoms with Gasteiger partial charge in [0.2, 0.25) is 11.7 Å². The van der Waals surface area contributed by atoms with Crippen LogP contribution in [0.4, 0.5) is 13.2 Å².